The summed E-state index contributed by atoms with van der Waals surface area (Å²) in [4.78, 5) is 26.2. The Morgan fingerprint density at radius 1 is 1.21 bits per heavy atom. The first-order valence-corrected chi connectivity index (χ1v) is 8.68. The van der Waals surface area contributed by atoms with Gasteiger partial charge in [-0.25, -0.2) is 4.79 Å². The molecule has 124 valence electrons. The summed E-state index contributed by atoms with van der Waals surface area (Å²) in [6, 6.07) is 12.4. The maximum atomic E-state index is 12.4. The lowest BCUT2D eigenvalue weighted by molar-refractivity contribution is -0.121. The lowest BCUT2D eigenvalue weighted by Gasteiger charge is -2.29. The van der Waals surface area contributed by atoms with Gasteiger partial charge in [0.05, 0.1) is 0 Å². The van der Waals surface area contributed by atoms with Crippen molar-refractivity contribution in [3.05, 3.63) is 57.2 Å². The minimum atomic E-state index is -0.704. The van der Waals surface area contributed by atoms with E-state index in [4.69, 9.17) is 4.74 Å². The molecule has 3 rings (SSSR count). The first-order chi connectivity index (χ1) is 11.6. The van der Waals surface area contributed by atoms with Gasteiger partial charge in [-0.05, 0) is 65.3 Å². The van der Waals surface area contributed by atoms with Gasteiger partial charge < -0.3 is 14.7 Å². The third-order valence-corrected chi connectivity index (χ3v) is 4.59. The lowest BCUT2D eigenvalue weighted by Crippen LogP contribution is -2.38. The van der Waals surface area contributed by atoms with Gasteiger partial charge >= 0.3 is 5.97 Å². The molecule has 0 saturated heterocycles. The summed E-state index contributed by atoms with van der Waals surface area (Å²) in [6.07, 6.45) is 1.82. The van der Waals surface area contributed by atoms with Crippen LogP contribution in [0.3, 0.4) is 0 Å². The molecule has 0 aromatic heterocycles. The van der Waals surface area contributed by atoms with E-state index in [1.807, 2.05) is 46.9 Å². The summed E-state index contributed by atoms with van der Waals surface area (Å²) >= 11 is 2.04. The minimum absolute atomic E-state index is 0.0637. The lowest BCUT2D eigenvalue weighted by atomic mass is 10.0. The van der Waals surface area contributed by atoms with Crippen molar-refractivity contribution >= 4 is 40.2 Å². The molecule has 0 saturated carbocycles. The molecule has 5 nitrogen and oxygen atoms in total. The molecule has 0 spiro atoms. The summed E-state index contributed by atoms with van der Waals surface area (Å²) in [5.41, 5.74) is 2.06. The van der Waals surface area contributed by atoms with Gasteiger partial charge in [0, 0.05) is 15.8 Å². The SMILES string of the molecule is O=C(OCC(=O)N1CCCc2ccccc21)c1cc(I)ccc1O. The fraction of sp³-hybridized carbons (Fsp3) is 0.222. The summed E-state index contributed by atoms with van der Waals surface area (Å²) in [6.45, 7) is 0.264. The van der Waals surface area contributed by atoms with Crippen LogP contribution in [0.5, 0.6) is 5.75 Å². The van der Waals surface area contributed by atoms with Crippen LogP contribution >= 0.6 is 22.6 Å². The van der Waals surface area contributed by atoms with E-state index in [2.05, 4.69) is 0 Å². The molecular formula is C18H16INO4. The maximum absolute atomic E-state index is 12.4. The van der Waals surface area contributed by atoms with Crippen LogP contribution in [-0.4, -0.2) is 30.1 Å². The number of hydrogen-bond donors (Lipinski definition) is 1. The van der Waals surface area contributed by atoms with E-state index in [1.165, 1.54) is 12.1 Å². The van der Waals surface area contributed by atoms with Crippen molar-refractivity contribution in [1.29, 1.82) is 0 Å². The largest absolute Gasteiger partial charge is 0.507 e. The van der Waals surface area contributed by atoms with Crippen LogP contribution in [0, 0.1) is 3.57 Å². The zero-order valence-electron chi connectivity index (χ0n) is 12.9. The Labute approximate surface area is 153 Å². The number of carbonyl (C=O) groups excluding carboxylic acids is 2. The monoisotopic (exact) mass is 437 g/mol. The number of phenolic OH excluding ortho intramolecular Hbond substituents is 1. The molecule has 1 aliphatic heterocycles. The summed E-state index contributed by atoms with van der Waals surface area (Å²) in [5.74, 6) is -1.12. The van der Waals surface area contributed by atoms with Gasteiger partial charge in [-0.1, -0.05) is 18.2 Å². The highest BCUT2D eigenvalue weighted by atomic mass is 127. The van der Waals surface area contributed by atoms with Gasteiger partial charge in [0.15, 0.2) is 6.61 Å². The molecule has 0 aliphatic carbocycles. The standard InChI is InChI=1S/C18H16INO4/c19-13-7-8-16(21)14(10-13)18(23)24-11-17(22)20-9-3-5-12-4-1-2-6-15(12)20/h1-2,4,6-8,10,21H,3,5,9,11H2. The molecule has 1 aliphatic rings. The number of phenols is 1. The normalized spacial score (nSPS) is 13.3. The van der Waals surface area contributed by atoms with Crippen molar-refractivity contribution in [2.45, 2.75) is 12.8 Å². The number of halogens is 1. The van der Waals surface area contributed by atoms with Gasteiger partial charge in [0.25, 0.3) is 5.91 Å². The van der Waals surface area contributed by atoms with Crippen molar-refractivity contribution in [3.8, 4) is 5.75 Å². The van der Waals surface area contributed by atoms with Gasteiger partial charge in [0.2, 0.25) is 0 Å². The number of benzene rings is 2. The third-order valence-electron chi connectivity index (χ3n) is 3.92. The fourth-order valence-corrected chi connectivity index (χ4v) is 3.24. The van der Waals surface area contributed by atoms with Crippen molar-refractivity contribution in [2.75, 3.05) is 18.1 Å². The van der Waals surface area contributed by atoms with E-state index in [0.29, 0.717) is 6.54 Å². The van der Waals surface area contributed by atoms with Crippen LogP contribution in [0.4, 0.5) is 5.69 Å². The number of hydrogen-bond acceptors (Lipinski definition) is 4. The second kappa shape index (κ2) is 7.21. The molecule has 0 unspecified atom stereocenters. The van der Waals surface area contributed by atoms with Gasteiger partial charge in [-0.15, -0.1) is 0 Å². The summed E-state index contributed by atoms with van der Waals surface area (Å²) < 4.78 is 5.90. The van der Waals surface area contributed by atoms with E-state index in [9.17, 15) is 14.7 Å². The second-order valence-corrected chi connectivity index (χ2v) is 6.76. The average Bonchev–Trinajstić information content (AvgIpc) is 2.61. The Hall–Kier alpha value is -2.09. The van der Waals surface area contributed by atoms with Crippen LogP contribution in [0.15, 0.2) is 42.5 Å². The summed E-state index contributed by atoms with van der Waals surface area (Å²) in [5, 5.41) is 9.75. The Morgan fingerprint density at radius 2 is 2.00 bits per heavy atom. The number of aromatic hydroxyl groups is 1. The predicted octanol–water partition coefficient (Wildman–Crippen LogP) is 3.13. The van der Waals surface area contributed by atoms with E-state index in [-0.39, 0.29) is 23.8 Å². The van der Waals surface area contributed by atoms with E-state index in [0.717, 1.165) is 27.7 Å². The van der Waals surface area contributed by atoms with Crippen molar-refractivity contribution in [2.24, 2.45) is 0 Å². The van der Waals surface area contributed by atoms with Gasteiger partial charge in [-0.3, -0.25) is 4.79 Å². The zero-order chi connectivity index (χ0) is 17.1. The van der Waals surface area contributed by atoms with Gasteiger partial charge in [0.1, 0.15) is 11.3 Å². The van der Waals surface area contributed by atoms with Crippen LogP contribution in [0.1, 0.15) is 22.3 Å². The van der Waals surface area contributed by atoms with Crippen molar-refractivity contribution in [3.63, 3.8) is 0 Å². The molecule has 0 radical (unpaired) electrons. The molecule has 1 heterocycles. The molecular weight excluding hydrogens is 421 g/mol. The molecule has 2 aromatic rings. The molecule has 24 heavy (non-hydrogen) atoms. The number of aryl methyl sites for hydroxylation is 1. The Morgan fingerprint density at radius 3 is 2.83 bits per heavy atom. The number of fused-ring (bicyclic) bond motifs is 1. The van der Waals surface area contributed by atoms with Crippen molar-refractivity contribution in [1.82, 2.24) is 0 Å². The number of rotatable bonds is 3. The molecule has 0 fully saturated rings. The number of nitrogens with zero attached hydrogens (tertiary/aromatic N) is 1. The number of anilines is 1. The highest BCUT2D eigenvalue weighted by molar-refractivity contribution is 14.1. The van der Waals surface area contributed by atoms with E-state index >= 15 is 0 Å². The first kappa shape index (κ1) is 16.8. The Kier molecular flexibility index (Phi) is 5.03. The molecule has 0 atom stereocenters. The minimum Gasteiger partial charge on any atom is -0.507 e. The molecule has 6 heteroatoms. The molecule has 2 aromatic carbocycles. The van der Waals surface area contributed by atoms with Crippen molar-refractivity contribution < 1.29 is 19.4 Å². The highest BCUT2D eigenvalue weighted by Crippen LogP contribution is 2.27. The molecule has 1 amide bonds. The van der Waals surface area contributed by atoms with Crippen LogP contribution < -0.4 is 4.90 Å². The molecule has 1 N–H and O–H groups in total. The van der Waals surface area contributed by atoms with Crippen LogP contribution in [0.2, 0.25) is 0 Å². The Balaban J connectivity index is 1.68. The first-order valence-electron chi connectivity index (χ1n) is 7.60. The molecule has 0 bridgehead atoms. The topological polar surface area (TPSA) is 66.8 Å². The number of para-hydroxylation sites is 1. The fourth-order valence-electron chi connectivity index (χ4n) is 2.75. The average molecular weight is 437 g/mol. The Bertz CT molecular complexity index is 790. The predicted molar refractivity (Wildman–Crippen MR) is 98.2 cm³/mol. The number of ether oxygens (including phenoxy) is 1. The smallest absolute Gasteiger partial charge is 0.342 e. The van der Waals surface area contributed by atoms with Gasteiger partial charge in [-0.2, -0.15) is 0 Å². The van der Waals surface area contributed by atoms with Crippen LogP contribution in [0.25, 0.3) is 0 Å². The number of esters is 1. The highest BCUT2D eigenvalue weighted by Gasteiger charge is 2.23. The quantitative estimate of drug-likeness (QED) is 0.592. The third kappa shape index (κ3) is 3.53. The van der Waals surface area contributed by atoms with E-state index < -0.39 is 5.97 Å². The summed E-state index contributed by atoms with van der Waals surface area (Å²) in [7, 11) is 0. The second-order valence-electron chi connectivity index (χ2n) is 5.52. The number of amides is 1. The number of carbonyl (C=O) groups is 2. The zero-order valence-corrected chi connectivity index (χ0v) is 15.0. The maximum Gasteiger partial charge on any atom is 0.342 e. The van der Waals surface area contributed by atoms with E-state index in [1.54, 1.807) is 11.0 Å². The van der Waals surface area contributed by atoms with Crippen LogP contribution in [-0.2, 0) is 16.0 Å².